The van der Waals surface area contributed by atoms with Crippen molar-refractivity contribution in [1.82, 2.24) is 0 Å². The van der Waals surface area contributed by atoms with E-state index in [1.807, 2.05) is 19.1 Å². The molecule has 0 aromatic heterocycles. The summed E-state index contributed by atoms with van der Waals surface area (Å²) in [5.74, 6) is -0.564. The maximum atomic E-state index is 12.2. The van der Waals surface area contributed by atoms with E-state index >= 15 is 0 Å². The zero-order valence-electron chi connectivity index (χ0n) is 13.2. The molecule has 0 aliphatic carbocycles. The van der Waals surface area contributed by atoms with Gasteiger partial charge in [-0.05, 0) is 43.2 Å². The van der Waals surface area contributed by atoms with Crippen LogP contribution in [-0.4, -0.2) is 10.8 Å². The van der Waals surface area contributed by atoms with Crippen molar-refractivity contribution < 1.29 is 9.72 Å². The van der Waals surface area contributed by atoms with E-state index in [2.05, 4.69) is 5.32 Å². The monoisotopic (exact) mass is 321 g/mol. The van der Waals surface area contributed by atoms with Gasteiger partial charge in [0, 0.05) is 17.3 Å². The average molecular weight is 321 g/mol. The standard InChI is InChI=1S/C18H15N3O3/c1-12-4-3-5-16(8-12)20-18(22)15(11-19)9-14-7-6-13(2)17(10-14)21(23)24/h3-10H,1-2H3,(H,20,22)/b15-9-. The number of hydrogen-bond acceptors (Lipinski definition) is 4. The Kier molecular flexibility index (Phi) is 5.07. The lowest BCUT2D eigenvalue weighted by atomic mass is 10.1. The summed E-state index contributed by atoms with van der Waals surface area (Å²) >= 11 is 0. The number of nitro groups is 1. The summed E-state index contributed by atoms with van der Waals surface area (Å²) in [6.07, 6.45) is 1.33. The molecule has 0 fully saturated rings. The molecule has 0 spiro atoms. The van der Waals surface area contributed by atoms with Crippen LogP contribution in [0.3, 0.4) is 0 Å². The van der Waals surface area contributed by atoms with Gasteiger partial charge in [0.15, 0.2) is 0 Å². The Balaban J connectivity index is 2.29. The summed E-state index contributed by atoms with van der Waals surface area (Å²) in [5.41, 5.74) is 2.30. The van der Waals surface area contributed by atoms with Crippen LogP contribution in [0.1, 0.15) is 16.7 Å². The molecule has 6 heteroatoms. The minimum atomic E-state index is -0.564. The smallest absolute Gasteiger partial charge is 0.272 e. The van der Waals surface area contributed by atoms with Crippen LogP contribution in [0, 0.1) is 35.3 Å². The molecule has 0 radical (unpaired) electrons. The van der Waals surface area contributed by atoms with Crippen LogP contribution in [0.25, 0.3) is 6.08 Å². The fourth-order valence-electron chi connectivity index (χ4n) is 2.15. The van der Waals surface area contributed by atoms with Crippen molar-refractivity contribution >= 4 is 23.4 Å². The summed E-state index contributed by atoms with van der Waals surface area (Å²) in [6.45, 7) is 3.52. The van der Waals surface area contributed by atoms with E-state index in [0.29, 0.717) is 16.8 Å². The van der Waals surface area contributed by atoms with Gasteiger partial charge < -0.3 is 5.32 Å². The second-order valence-corrected chi connectivity index (χ2v) is 5.30. The number of carbonyl (C=O) groups is 1. The predicted octanol–water partition coefficient (Wildman–Crippen LogP) is 3.76. The molecule has 2 aromatic carbocycles. The number of nitrogens with zero attached hydrogens (tertiary/aromatic N) is 2. The maximum absolute atomic E-state index is 12.2. The maximum Gasteiger partial charge on any atom is 0.272 e. The lowest BCUT2D eigenvalue weighted by Crippen LogP contribution is -2.13. The van der Waals surface area contributed by atoms with E-state index in [9.17, 15) is 20.2 Å². The number of amides is 1. The molecule has 1 amide bonds. The molecule has 0 saturated heterocycles. The first-order valence-corrected chi connectivity index (χ1v) is 7.15. The number of carbonyl (C=O) groups excluding carboxylic acids is 1. The molecule has 0 atom stereocenters. The third-order valence-corrected chi connectivity index (χ3v) is 3.38. The van der Waals surface area contributed by atoms with Gasteiger partial charge in [-0.3, -0.25) is 14.9 Å². The Labute approximate surface area is 139 Å². The minimum absolute atomic E-state index is 0.0554. The van der Waals surface area contributed by atoms with Crippen molar-refractivity contribution in [2.45, 2.75) is 13.8 Å². The number of nitriles is 1. The Hall–Kier alpha value is -3.46. The number of aryl methyl sites for hydroxylation is 2. The summed E-state index contributed by atoms with van der Waals surface area (Å²) in [4.78, 5) is 22.7. The van der Waals surface area contributed by atoms with Gasteiger partial charge in [-0.25, -0.2) is 0 Å². The van der Waals surface area contributed by atoms with Gasteiger partial charge in [-0.1, -0.05) is 24.3 Å². The van der Waals surface area contributed by atoms with E-state index in [-0.39, 0.29) is 11.3 Å². The Morgan fingerprint density at radius 1 is 1.25 bits per heavy atom. The first kappa shape index (κ1) is 16.9. The van der Waals surface area contributed by atoms with E-state index in [1.165, 1.54) is 12.1 Å². The molecule has 0 aliphatic heterocycles. The van der Waals surface area contributed by atoms with Gasteiger partial charge in [0.2, 0.25) is 0 Å². The molecular formula is C18H15N3O3. The number of anilines is 1. The van der Waals surface area contributed by atoms with Crippen molar-refractivity contribution in [1.29, 1.82) is 5.26 Å². The SMILES string of the molecule is Cc1cccc(NC(=O)/C(C#N)=C\c2ccc(C)c([N+](=O)[O-])c2)c1. The number of hydrogen-bond donors (Lipinski definition) is 1. The van der Waals surface area contributed by atoms with Crippen LogP contribution in [0.4, 0.5) is 11.4 Å². The Bertz CT molecular complexity index is 879. The number of rotatable bonds is 4. The molecule has 24 heavy (non-hydrogen) atoms. The summed E-state index contributed by atoms with van der Waals surface area (Å²) in [6, 6.07) is 13.6. The summed E-state index contributed by atoms with van der Waals surface area (Å²) in [7, 11) is 0. The average Bonchev–Trinajstić information content (AvgIpc) is 2.53. The number of benzene rings is 2. The second kappa shape index (κ2) is 7.20. The first-order chi connectivity index (χ1) is 11.4. The van der Waals surface area contributed by atoms with Crippen LogP contribution in [0.2, 0.25) is 0 Å². The molecule has 1 N–H and O–H groups in total. The third kappa shape index (κ3) is 4.05. The van der Waals surface area contributed by atoms with Crippen LogP contribution >= 0.6 is 0 Å². The molecule has 2 aromatic rings. The summed E-state index contributed by atoms with van der Waals surface area (Å²) in [5, 5.41) is 22.8. The van der Waals surface area contributed by atoms with Gasteiger partial charge in [-0.2, -0.15) is 5.26 Å². The van der Waals surface area contributed by atoms with Crippen molar-refractivity contribution in [2.24, 2.45) is 0 Å². The van der Waals surface area contributed by atoms with Crippen molar-refractivity contribution in [2.75, 3.05) is 5.32 Å². The molecule has 6 nitrogen and oxygen atoms in total. The fourth-order valence-corrected chi connectivity index (χ4v) is 2.15. The molecule has 0 aliphatic rings. The van der Waals surface area contributed by atoms with Gasteiger partial charge in [0.25, 0.3) is 11.6 Å². The molecule has 0 bridgehead atoms. The highest BCUT2D eigenvalue weighted by Gasteiger charge is 2.13. The Morgan fingerprint density at radius 2 is 2.00 bits per heavy atom. The molecule has 0 saturated carbocycles. The number of nitro benzene ring substituents is 1. The molecular weight excluding hydrogens is 306 g/mol. The van der Waals surface area contributed by atoms with Crippen LogP contribution in [0.15, 0.2) is 48.0 Å². The lowest BCUT2D eigenvalue weighted by molar-refractivity contribution is -0.385. The highest BCUT2D eigenvalue weighted by molar-refractivity contribution is 6.09. The molecule has 0 unspecified atom stereocenters. The predicted molar refractivity (Wildman–Crippen MR) is 91.2 cm³/mol. The van der Waals surface area contributed by atoms with Crippen molar-refractivity contribution in [3.63, 3.8) is 0 Å². The van der Waals surface area contributed by atoms with E-state index < -0.39 is 10.8 Å². The first-order valence-electron chi connectivity index (χ1n) is 7.15. The Morgan fingerprint density at radius 3 is 2.62 bits per heavy atom. The minimum Gasteiger partial charge on any atom is -0.321 e. The van der Waals surface area contributed by atoms with Crippen LogP contribution in [-0.2, 0) is 4.79 Å². The number of nitrogens with one attached hydrogen (secondary N) is 1. The third-order valence-electron chi connectivity index (χ3n) is 3.38. The van der Waals surface area contributed by atoms with E-state index in [4.69, 9.17) is 0 Å². The van der Waals surface area contributed by atoms with Gasteiger partial charge in [0.05, 0.1) is 4.92 Å². The highest BCUT2D eigenvalue weighted by Crippen LogP contribution is 2.21. The second-order valence-electron chi connectivity index (χ2n) is 5.30. The summed E-state index contributed by atoms with van der Waals surface area (Å²) < 4.78 is 0. The quantitative estimate of drug-likeness (QED) is 0.401. The highest BCUT2D eigenvalue weighted by atomic mass is 16.6. The zero-order chi connectivity index (χ0) is 17.7. The lowest BCUT2D eigenvalue weighted by Gasteiger charge is -2.05. The largest absolute Gasteiger partial charge is 0.321 e. The topological polar surface area (TPSA) is 96.0 Å². The van der Waals surface area contributed by atoms with Gasteiger partial charge in [-0.15, -0.1) is 0 Å². The van der Waals surface area contributed by atoms with Crippen LogP contribution < -0.4 is 5.32 Å². The molecule has 2 rings (SSSR count). The van der Waals surface area contributed by atoms with Crippen molar-refractivity contribution in [3.8, 4) is 6.07 Å². The van der Waals surface area contributed by atoms with E-state index in [1.54, 1.807) is 37.3 Å². The normalized spacial score (nSPS) is 10.8. The van der Waals surface area contributed by atoms with Crippen molar-refractivity contribution in [3.05, 3.63) is 74.8 Å². The fraction of sp³-hybridized carbons (Fsp3) is 0.111. The molecule has 120 valence electrons. The van der Waals surface area contributed by atoms with Crippen LogP contribution in [0.5, 0.6) is 0 Å². The van der Waals surface area contributed by atoms with Gasteiger partial charge >= 0.3 is 0 Å². The van der Waals surface area contributed by atoms with Gasteiger partial charge in [0.1, 0.15) is 11.6 Å². The molecule has 0 heterocycles. The van der Waals surface area contributed by atoms with E-state index in [0.717, 1.165) is 5.56 Å². The zero-order valence-corrected chi connectivity index (χ0v) is 13.2.